The molecule has 0 bridgehead atoms. The summed E-state index contributed by atoms with van der Waals surface area (Å²) in [5.41, 5.74) is 0. The van der Waals surface area contributed by atoms with E-state index in [0.29, 0.717) is 0 Å². The van der Waals surface area contributed by atoms with Crippen LogP contribution in [0.25, 0.3) is 0 Å². The van der Waals surface area contributed by atoms with Crippen LogP contribution >= 0.6 is 0 Å². The minimum absolute atomic E-state index is 0.0451. The summed E-state index contributed by atoms with van der Waals surface area (Å²) in [6.45, 7) is 4.57. The van der Waals surface area contributed by atoms with Gasteiger partial charge in [-0.25, -0.2) is 4.79 Å². The number of carboxylic acids is 2. The Labute approximate surface area is 70.5 Å². The lowest BCUT2D eigenvalue weighted by Gasteiger charge is -1.74. The van der Waals surface area contributed by atoms with Gasteiger partial charge in [-0.2, -0.15) is 0 Å². The lowest BCUT2D eigenvalue weighted by Crippen LogP contribution is -1.89. The molecule has 66 valence electrons. The normalized spacial score (nSPS) is 6.42. The third-order valence-electron chi connectivity index (χ3n) is 0.591. The maximum atomic E-state index is 9.66. The van der Waals surface area contributed by atoms with Crippen LogP contribution in [-0.4, -0.2) is 22.2 Å². The zero-order chi connectivity index (χ0) is 9.98. The van der Waals surface area contributed by atoms with Crippen molar-refractivity contribution < 1.29 is 19.8 Å². The number of hydrogen-bond acceptors (Lipinski definition) is 2. The maximum absolute atomic E-state index is 9.66. The van der Waals surface area contributed by atoms with Crippen LogP contribution in [0, 0.1) is 11.8 Å². The molecule has 0 saturated carbocycles. The monoisotopic (exact) mass is 170 g/mol. The van der Waals surface area contributed by atoms with Crippen molar-refractivity contribution in [3.8, 4) is 11.8 Å². The molecule has 0 aromatic rings. The van der Waals surface area contributed by atoms with Crippen molar-refractivity contribution >= 4 is 11.9 Å². The van der Waals surface area contributed by atoms with E-state index in [1.54, 1.807) is 6.92 Å². The van der Waals surface area contributed by atoms with E-state index in [-0.39, 0.29) is 6.42 Å². The van der Waals surface area contributed by atoms with Gasteiger partial charge in [-0.3, -0.25) is 4.79 Å². The van der Waals surface area contributed by atoms with Gasteiger partial charge in [-0.15, -0.1) is 5.92 Å². The Balaban J connectivity index is 0. The van der Waals surface area contributed by atoms with Crippen LogP contribution in [0.2, 0.25) is 0 Å². The molecule has 0 radical (unpaired) electrons. The molecule has 4 heteroatoms. The molecule has 12 heavy (non-hydrogen) atoms. The van der Waals surface area contributed by atoms with E-state index in [1.165, 1.54) is 0 Å². The molecule has 0 atom stereocenters. The van der Waals surface area contributed by atoms with E-state index in [2.05, 4.69) is 18.4 Å². The van der Waals surface area contributed by atoms with Gasteiger partial charge in [0.15, 0.2) is 0 Å². The van der Waals surface area contributed by atoms with Crippen molar-refractivity contribution in [2.24, 2.45) is 0 Å². The molecule has 0 heterocycles. The third-order valence-corrected chi connectivity index (χ3v) is 0.591. The summed E-state index contributed by atoms with van der Waals surface area (Å²) in [5.74, 6) is 3.02. The second-order valence-electron chi connectivity index (χ2n) is 1.54. The molecule has 0 aromatic carbocycles. The van der Waals surface area contributed by atoms with Gasteiger partial charge >= 0.3 is 11.9 Å². The summed E-state index contributed by atoms with van der Waals surface area (Å²) >= 11 is 0. The highest BCUT2D eigenvalue weighted by Gasteiger charge is 1.85. The fraction of sp³-hybridized carbons (Fsp3) is 0.250. The van der Waals surface area contributed by atoms with Crippen molar-refractivity contribution in [2.45, 2.75) is 13.3 Å². The first-order chi connectivity index (χ1) is 5.54. The van der Waals surface area contributed by atoms with Crippen molar-refractivity contribution in [3.05, 3.63) is 12.7 Å². The number of rotatable bonds is 2. The number of carbonyl (C=O) groups is 2. The predicted octanol–water partition coefficient (Wildman–Crippen LogP) is 0.741. The van der Waals surface area contributed by atoms with Crippen molar-refractivity contribution in [1.82, 2.24) is 0 Å². The smallest absolute Gasteiger partial charge is 0.327 e. The second-order valence-corrected chi connectivity index (χ2v) is 1.54. The Bertz CT molecular complexity index is 219. The third kappa shape index (κ3) is 24.0. The lowest BCUT2D eigenvalue weighted by molar-refractivity contribution is -0.136. The molecule has 0 aromatic heterocycles. The standard InChI is InChI=1S/C5H6O2.C3H4O2/c1-2-3-4-5(6)7;1-2-3(4)5/h4H2,1H3,(H,6,7);2H,1H2,(H,4,5). The highest BCUT2D eigenvalue weighted by molar-refractivity contribution is 5.78. The van der Waals surface area contributed by atoms with E-state index in [9.17, 15) is 9.59 Å². The molecular weight excluding hydrogens is 160 g/mol. The van der Waals surface area contributed by atoms with Crippen LogP contribution in [0.4, 0.5) is 0 Å². The molecule has 0 rings (SSSR count). The van der Waals surface area contributed by atoms with E-state index < -0.39 is 11.9 Å². The quantitative estimate of drug-likeness (QED) is 0.473. The fourth-order valence-electron chi connectivity index (χ4n) is 0.164. The van der Waals surface area contributed by atoms with Crippen LogP contribution in [-0.2, 0) is 9.59 Å². The maximum Gasteiger partial charge on any atom is 0.327 e. The van der Waals surface area contributed by atoms with Gasteiger partial charge < -0.3 is 10.2 Å². The Morgan fingerprint density at radius 1 is 1.50 bits per heavy atom. The summed E-state index contributed by atoms with van der Waals surface area (Å²) in [6, 6.07) is 0. The van der Waals surface area contributed by atoms with E-state index in [0.717, 1.165) is 6.08 Å². The average Bonchev–Trinajstić information content (AvgIpc) is 2.02. The van der Waals surface area contributed by atoms with E-state index in [1.807, 2.05) is 0 Å². The van der Waals surface area contributed by atoms with Crippen molar-refractivity contribution in [3.63, 3.8) is 0 Å². The van der Waals surface area contributed by atoms with E-state index in [4.69, 9.17) is 10.2 Å². The van der Waals surface area contributed by atoms with E-state index >= 15 is 0 Å². The minimum Gasteiger partial charge on any atom is -0.481 e. The second kappa shape index (κ2) is 9.24. The Kier molecular flexibility index (Phi) is 9.91. The SMILES string of the molecule is C=CC(=O)O.CC#CCC(=O)O. The predicted molar refractivity (Wildman–Crippen MR) is 43.5 cm³/mol. The van der Waals surface area contributed by atoms with Crippen molar-refractivity contribution in [2.75, 3.05) is 0 Å². The van der Waals surface area contributed by atoms with Gasteiger partial charge in [0, 0.05) is 6.08 Å². The zero-order valence-electron chi connectivity index (χ0n) is 6.70. The Morgan fingerprint density at radius 2 is 1.92 bits per heavy atom. The summed E-state index contributed by atoms with van der Waals surface area (Å²) < 4.78 is 0. The van der Waals surface area contributed by atoms with Gasteiger partial charge in [0.2, 0.25) is 0 Å². The first-order valence-corrected chi connectivity index (χ1v) is 3.01. The minimum atomic E-state index is -0.981. The van der Waals surface area contributed by atoms with Crippen LogP contribution in [0.5, 0.6) is 0 Å². The Hall–Kier alpha value is -1.76. The summed E-state index contributed by atoms with van der Waals surface area (Å²) in [4.78, 5) is 18.9. The first kappa shape index (κ1) is 12.9. The molecule has 0 aliphatic rings. The number of hydrogen-bond donors (Lipinski definition) is 2. The summed E-state index contributed by atoms with van der Waals surface area (Å²) in [7, 11) is 0. The molecule has 0 spiro atoms. The molecule has 2 N–H and O–H groups in total. The van der Waals surface area contributed by atoms with Crippen LogP contribution < -0.4 is 0 Å². The first-order valence-electron chi connectivity index (χ1n) is 3.01. The Morgan fingerprint density at radius 3 is 2.00 bits per heavy atom. The molecule has 0 aliphatic heterocycles. The van der Waals surface area contributed by atoms with Gasteiger partial charge in [-0.1, -0.05) is 12.5 Å². The molecule has 0 fully saturated rings. The average molecular weight is 170 g/mol. The van der Waals surface area contributed by atoms with Gasteiger partial charge in [-0.05, 0) is 6.92 Å². The lowest BCUT2D eigenvalue weighted by atomic mass is 10.4. The van der Waals surface area contributed by atoms with Gasteiger partial charge in [0.1, 0.15) is 6.42 Å². The molecule has 0 saturated heterocycles. The van der Waals surface area contributed by atoms with Gasteiger partial charge in [0.05, 0.1) is 0 Å². The topological polar surface area (TPSA) is 74.6 Å². The molecule has 0 amide bonds. The van der Waals surface area contributed by atoms with Gasteiger partial charge in [0.25, 0.3) is 0 Å². The van der Waals surface area contributed by atoms with Crippen LogP contribution in [0.15, 0.2) is 12.7 Å². The van der Waals surface area contributed by atoms with Crippen LogP contribution in [0.1, 0.15) is 13.3 Å². The van der Waals surface area contributed by atoms with Crippen LogP contribution in [0.3, 0.4) is 0 Å². The molecule has 4 nitrogen and oxygen atoms in total. The molecular formula is C8H10O4. The number of aliphatic carboxylic acids is 2. The highest BCUT2D eigenvalue weighted by Crippen LogP contribution is 1.70. The zero-order valence-corrected chi connectivity index (χ0v) is 6.70. The summed E-state index contributed by atoms with van der Waals surface area (Å²) in [6.07, 6.45) is 0.788. The molecule has 0 aliphatic carbocycles. The summed E-state index contributed by atoms with van der Waals surface area (Å²) in [5, 5.41) is 15.5. The fourth-order valence-corrected chi connectivity index (χ4v) is 0.164. The van der Waals surface area contributed by atoms with Crippen molar-refractivity contribution in [1.29, 1.82) is 0 Å². The molecule has 0 unspecified atom stereocenters. The largest absolute Gasteiger partial charge is 0.481 e. The highest BCUT2D eigenvalue weighted by atomic mass is 16.4. The number of carboxylic acid groups (broad SMARTS) is 2.